The van der Waals surface area contributed by atoms with E-state index < -0.39 is 0 Å². The maximum absolute atomic E-state index is 5.91. The van der Waals surface area contributed by atoms with Crippen LogP contribution < -0.4 is 10.1 Å². The highest BCUT2D eigenvalue weighted by Gasteiger charge is 2.02. The summed E-state index contributed by atoms with van der Waals surface area (Å²) in [4.78, 5) is 3.83. The van der Waals surface area contributed by atoms with Gasteiger partial charge in [0.05, 0.1) is 24.9 Å². The van der Waals surface area contributed by atoms with E-state index in [0.29, 0.717) is 17.3 Å². The summed E-state index contributed by atoms with van der Waals surface area (Å²) in [5.74, 6) is 1.41. The lowest BCUT2D eigenvalue weighted by Gasteiger charge is -2.07. The Labute approximate surface area is 98.2 Å². The van der Waals surface area contributed by atoms with Crippen LogP contribution in [0.5, 0.6) is 5.75 Å². The number of nitrogens with one attached hydrogen (secondary N) is 1. The first kappa shape index (κ1) is 10.8. The van der Waals surface area contributed by atoms with E-state index in [1.165, 1.54) is 6.39 Å². The number of benzene rings is 1. The molecule has 2 rings (SSSR count). The quantitative estimate of drug-likeness (QED) is 0.890. The van der Waals surface area contributed by atoms with Crippen LogP contribution in [0.25, 0.3) is 0 Å². The Morgan fingerprint density at radius 2 is 2.38 bits per heavy atom. The molecule has 1 aromatic heterocycles. The SMILES string of the molecule is COc1cc(NCc2cnco2)ccc1Cl. The van der Waals surface area contributed by atoms with Crippen LogP contribution in [0.2, 0.25) is 5.02 Å². The van der Waals surface area contributed by atoms with Crippen molar-refractivity contribution >= 4 is 17.3 Å². The van der Waals surface area contributed by atoms with Crippen LogP contribution in [-0.4, -0.2) is 12.1 Å². The Hall–Kier alpha value is -1.68. The highest BCUT2D eigenvalue weighted by atomic mass is 35.5. The first-order valence-corrected chi connectivity index (χ1v) is 5.12. The van der Waals surface area contributed by atoms with Gasteiger partial charge < -0.3 is 14.5 Å². The molecule has 4 nitrogen and oxygen atoms in total. The smallest absolute Gasteiger partial charge is 0.180 e. The summed E-state index contributed by atoms with van der Waals surface area (Å²) in [5.41, 5.74) is 0.914. The number of hydrogen-bond donors (Lipinski definition) is 1. The fourth-order valence-corrected chi connectivity index (χ4v) is 1.48. The monoisotopic (exact) mass is 238 g/mol. The summed E-state index contributed by atoms with van der Waals surface area (Å²) < 4.78 is 10.2. The number of halogens is 1. The van der Waals surface area contributed by atoms with Gasteiger partial charge in [0.2, 0.25) is 0 Å². The summed E-state index contributed by atoms with van der Waals surface area (Å²) in [6, 6.07) is 5.49. The summed E-state index contributed by atoms with van der Waals surface area (Å²) in [6.45, 7) is 0.574. The molecule has 0 spiro atoms. The van der Waals surface area contributed by atoms with Gasteiger partial charge in [0.1, 0.15) is 11.5 Å². The second kappa shape index (κ2) is 4.90. The van der Waals surface area contributed by atoms with E-state index >= 15 is 0 Å². The largest absolute Gasteiger partial charge is 0.495 e. The molecule has 5 heteroatoms. The molecular formula is C11H11ClN2O2. The number of ether oxygens (including phenoxy) is 1. The van der Waals surface area contributed by atoms with Crippen molar-refractivity contribution in [3.63, 3.8) is 0 Å². The molecule has 0 aliphatic heterocycles. The van der Waals surface area contributed by atoms with Crippen molar-refractivity contribution in [3.8, 4) is 5.75 Å². The summed E-state index contributed by atoms with van der Waals surface area (Å²) in [5, 5.41) is 3.77. The maximum Gasteiger partial charge on any atom is 0.180 e. The molecule has 0 amide bonds. The van der Waals surface area contributed by atoms with E-state index in [-0.39, 0.29) is 0 Å². The van der Waals surface area contributed by atoms with Crippen LogP contribution >= 0.6 is 11.6 Å². The second-order valence-electron chi connectivity index (χ2n) is 3.17. The van der Waals surface area contributed by atoms with E-state index in [1.807, 2.05) is 12.1 Å². The number of rotatable bonds is 4. The lowest BCUT2D eigenvalue weighted by molar-refractivity contribution is 0.415. The van der Waals surface area contributed by atoms with Crippen LogP contribution in [0.3, 0.4) is 0 Å². The fourth-order valence-electron chi connectivity index (χ4n) is 1.29. The average Bonchev–Trinajstić information content (AvgIpc) is 2.81. The van der Waals surface area contributed by atoms with Crippen molar-refractivity contribution < 1.29 is 9.15 Å². The van der Waals surface area contributed by atoms with Gasteiger partial charge in [-0.25, -0.2) is 4.98 Å². The Kier molecular flexibility index (Phi) is 3.31. The topological polar surface area (TPSA) is 47.3 Å². The number of nitrogens with zero attached hydrogens (tertiary/aromatic N) is 1. The van der Waals surface area contributed by atoms with Crippen LogP contribution in [0.1, 0.15) is 5.76 Å². The van der Waals surface area contributed by atoms with Gasteiger partial charge in [-0.1, -0.05) is 11.6 Å². The van der Waals surface area contributed by atoms with Crippen LogP contribution in [0.15, 0.2) is 35.2 Å². The van der Waals surface area contributed by atoms with Crippen molar-refractivity contribution in [1.29, 1.82) is 0 Å². The van der Waals surface area contributed by atoms with Gasteiger partial charge in [0, 0.05) is 11.8 Å². The van der Waals surface area contributed by atoms with Crippen molar-refractivity contribution in [2.75, 3.05) is 12.4 Å². The molecule has 0 radical (unpaired) electrons. The third-order valence-corrected chi connectivity index (χ3v) is 2.41. The molecule has 0 aliphatic carbocycles. The standard InChI is InChI=1S/C11H11ClN2O2/c1-15-11-4-8(2-3-10(11)12)14-6-9-5-13-7-16-9/h2-5,7,14H,6H2,1H3. The van der Waals surface area contributed by atoms with Crippen LogP contribution in [0.4, 0.5) is 5.69 Å². The molecule has 2 aromatic rings. The van der Waals surface area contributed by atoms with Crippen molar-refractivity contribution in [1.82, 2.24) is 4.98 Å². The van der Waals surface area contributed by atoms with Gasteiger partial charge in [0.25, 0.3) is 0 Å². The van der Waals surface area contributed by atoms with E-state index in [1.54, 1.807) is 19.4 Å². The Bertz CT molecular complexity index is 457. The van der Waals surface area contributed by atoms with Gasteiger partial charge in [-0.05, 0) is 12.1 Å². The van der Waals surface area contributed by atoms with Crippen LogP contribution in [-0.2, 0) is 6.54 Å². The lowest BCUT2D eigenvalue weighted by atomic mass is 10.3. The minimum atomic E-state index is 0.574. The molecule has 84 valence electrons. The molecule has 1 aromatic carbocycles. The molecule has 0 atom stereocenters. The lowest BCUT2D eigenvalue weighted by Crippen LogP contribution is -1.98. The minimum absolute atomic E-state index is 0.574. The molecule has 1 heterocycles. The van der Waals surface area contributed by atoms with Gasteiger partial charge in [-0.3, -0.25) is 0 Å². The zero-order valence-electron chi connectivity index (χ0n) is 8.74. The highest BCUT2D eigenvalue weighted by Crippen LogP contribution is 2.27. The predicted molar refractivity (Wildman–Crippen MR) is 61.8 cm³/mol. The van der Waals surface area contributed by atoms with E-state index in [9.17, 15) is 0 Å². The molecule has 0 saturated heterocycles. The zero-order chi connectivity index (χ0) is 11.4. The fraction of sp³-hybridized carbons (Fsp3) is 0.182. The van der Waals surface area contributed by atoms with Gasteiger partial charge in [0.15, 0.2) is 6.39 Å². The van der Waals surface area contributed by atoms with Crippen molar-refractivity contribution in [3.05, 3.63) is 41.6 Å². The molecule has 1 N–H and O–H groups in total. The third kappa shape index (κ3) is 2.46. The first-order chi connectivity index (χ1) is 7.79. The summed E-state index contributed by atoms with van der Waals surface area (Å²) in [7, 11) is 1.58. The number of hydrogen-bond acceptors (Lipinski definition) is 4. The van der Waals surface area contributed by atoms with Gasteiger partial charge >= 0.3 is 0 Å². The molecule has 0 aliphatic rings. The van der Waals surface area contributed by atoms with Crippen LogP contribution in [0, 0.1) is 0 Å². The molecule has 0 saturated carbocycles. The predicted octanol–water partition coefficient (Wildman–Crippen LogP) is 2.95. The van der Waals surface area contributed by atoms with Gasteiger partial charge in [-0.15, -0.1) is 0 Å². The Morgan fingerprint density at radius 1 is 1.50 bits per heavy atom. The molecule has 0 unspecified atom stereocenters. The number of anilines is 1. The molecule has 0 bridgehead atoms. The number of aromatic nitrogens is 1. The van der Waals surface area contributed by atoms with Crippen molar-refractivity contribution in [2.24, 2.45) is 0 Å². The zero-order valence-corrected chi connectivity index (χ0v) is 9.49. The third-order valence-electron chi connectivity index (χ3n) is 2.10. The van der Waals surface area contributed by atoms with Crippen molar-refractivity contribution in [2.45, 2.75) is 6.54 Å². The van der Waals surface area contributed by atoms with E-state index in [4.69, 9.17) is 20.8 Å². The minimum Gasteiger partial charge on any atom is -0.495 e. The highest BCUT2D eigenvalue weighted by molar-refractivity contribution is 6.32. The molecular weight excluding hydrogens is 228 g/mol. The Balaban J connectivity index is 2.04. The molecule has 16 heavy (non-hydrogen) atoms. The maximum atomic E-state index is 5.91. The van der Waals surface area contributed by atoms with Gasteiger partial charge in [-0.2, -0.15) is 0 Å². The number of methoxy groups -OCH3 is 1. The second-order valence-corrected chi connectivity index (χ2v) is 3.58. The van der Waals surface area contributed by atoms with E-state index in [0.717, 1.165) is 11.4 Å². The summed E-state index contributed by atoms with van der Waals surface area (Å²) >= 11 is 5.91. The molecule has 0 fully saturated rings. The average molecular weight is 239 g/mol. The normalized spacial score (nSPS) is 10.1. The first-order valence-electron chi connectivity index (χ1n) is 4.74. The number of oxazole rings is 1. The van der Waals surface area contributed by atoms with E-state index in [2.05, 4.69) is 10.3 Å². The Morgan fingerprint density at radius 3 is 3.06 bits per heavy atom. The summed E-state index contributed by atoms with van der Waals surface area (Å²) in [6.07, 6.45) is 3.07.